The van der Waals surface area contributed by atoms with Gasteiger partial charge in [-0.05, 0) is 38.2 Å². The lowest BCUT2D eigenvalue weighted by molar-refractivity contribution is -0.288. The summed E-state index contributed by atoms with van der Waals surface area (Å²) in [6.45, 7) is 6.59. The molecule has 0 heterocycles. The van der Waals surface area contributed by atoms with Crippen molar-refractivity contribution in [1.82, 2.24) is 0 Å². The van der Waals surface area contributed by atoms with E-state index in [9.17, 15) is 31.9 Å². The van der Waals surface area contributed by atoms with Gasteiger partial charge in [0, 0.05) is 6.42 Å². The lowest BCUT2D eigenvalue weighted by atomic mass is 9.89. The zero-order chi connectivity index (χ0) is 19.8. The molecule has 2 unspecified atom stereocenters. The fourth-order valence-electron chi connectivity index (χ4n) is 2.24. The molecule has 0 bridgehead atoms. The van der Waals surface area contributed by atoms with E-state index in [1.807, 2.05) is 6.92 Å². The molecule has 0 amide bonds. The summed E-state index contributed by atoms with van der Waals surface area (Å²) >= 11 is 0. The summed E-state index contributed by atoms with van der Waals surface area (Å²) in [6, 6.07) is -0.219. The molecule has 0 aromatic carbocycles. The number of halogens is 5. The maximum Gasteiger partial charge on any atom is 0.453 e. The van der Waals surface area contributed by atoms with E-state index >= 15 is 0 Å². The smallest absolute Gasteiger partial charge is 0.453 e. The molecule has 0 aliphatic carbocycles. The van der Waals surface area contributed by atoms with Gasteiger partial charge in [0.05, 0.1) is 6.04 Å². The number of carbonyl (C=O) groups is 1. The van der Waals surface area contributed by atoms with Gasteiger partial charge in [0.1, 0.15) is 0 Å². The van der Waals surface area contributed by atoms with Crippen LogP contribution in [0, 0.1) is 5.92 Å². The van der Waals surface area contributed by atoms with Crippen LogP contribution in [0.5, 0.6) is 0 Å². The third-order valence-electron chi connectivity index (χ3n) is 3.80. The number of hydrogen-bond donors (Lipinski definition) is 1. The number of azo groups is 1. The van der Waals surface area contributed by atoms with Gasteiger partial charge in [-0.1, -0.05) is 26.7 Å². The van der Waals surface area contributed by atoms with Gasteiger partial charge < -0.3 is 5.11 Å². The summed E-state index contributed by atoms with van der Waals surface area (Å²) in [7, 11) is 0. The van der Waals surface area contributed by atoms with E-state index in [0.29, 0.717) is 12.8 Å². The first-order valence-electron chi connectivity index (χ1n) is 8.14. The minimum Gasteiger partial charge on any atom is -0.476 e. The number of hydrogen-bond acceptors (Lipinski definition) is 3. The van der Waals surface area contributed by atoms with E-state index in [-0.39, 0.29) is 24.5 Å². The summed E-state index contributed by atoms with van der Waals surface area (Å²) in [5.41, 5.74) is -0.271. The molecule has 2 atom stereocenters. The second-order valence-corrected chi connectivity index (χ2v) is 6.17. The van der Waals surface area contributed by atoms with Crippen molar-refractivity contribution in [2.24, 2.45) is 16.1 Å². The molecule has 25 heavy (non-hydrogen) atoms. The molecule has 0 spiro atoms. The molecule has 146 valence electrons. The Hall–Kier alpha value is -1.54. The lowest BCUT2D eigenvalue weighted by Crippen LogP contribution is -2.38. The first kappa shape index (κ1) is 23.5. The summed E-state index contributed by atoms with van der Waals surface area (Å²) in [4.78, 5) is 11.3. The molecule has 0 radical (unpaired) electrons. The minimum atomic E-state index is -5.62. The van der Waals surface area contributed by atoms with Crippen LogP contribution >= 0.6 is 0 Å². The Morgan fingerprint density at radius 1 is 1.16 bits per heavy atom. The van der Waals surface area contributed by atoms with E-state index in [0.717, 1.165) is 0 Å². The van der Waals surface area contributed by atoms with Gasteiger partial charge in [-0.25, -0.2) is 4.79 Å². The van der Waals surface area contributed by atoms with Crippen molar-refractivity contribution < 1.29 is 31.9 Å². The van der Waals surface area contributed by atoms with Crippen molar-refractivity contribution in [3.05, 3.63) is 11.3 Å². The molecule has 4 nitrogen and oxygen atoms in total. The number of allylic oxidation sites excluding steroid dienone is 1. The molecular weight excluding hydrogens is 347 g/mol. The van der Waals surface area contributed by atoms with Gasteiger partial charge in [0.15, 0.2) is 5.70 Å². The lowest BCUT2D eigenvalue weighted by Gasteiger charge is -2.25. The summed E-state index contributed by atoms with van der Waals surface area (Å²) in [5.74, 6) is -7.20. The van der Waals surface area contributed by atoms with Crippen molar-refractivity contribution in [3.8, 4) is 0 Å². The Labute approximate surface area is 144 Å². The molecule has 0 aliphatic heterocycles. The van der Waals surface area contributed by atoms with Crippen LogP contribution in [0.25, 0.3) is 0 Å². The predicted octanol–water partition coefficient (Wildman–Crippen LogP) is 5.99. The normalized spacial score (nSPS) is 16.7. The predicted molar refractivity (Wildman–Crippen MR) is 83.6 cm³/mol. The quantitative estimate of drug-likeness (QED) is 0.291. The number of nitrogens with zero attached hydrogens (tertiary/aromatic N) is 2. The standard InChI is InChI=1S/C16H25F5N2O2/c1-5-7-12(9-15(17,18)16(19,20)21)8-10(3)13(14(24)25)23-22-11(4)6-2/h11-12H,5-9H2,1-4H3,(H,24,25)/b13-10+,23-22?. The van der Waals surface area contributed by atoms with Crippen molar-refractivity contribution in [2.75, 3.05) is 0 Å². The van der Waals surface area contributed by atoms with E-state index in [4.69, 9.17) is 0 Å². The number of aliphatic carboxylic acids is 1. The zero-order valence-corrected chi connectivity index (χ0v) is 14.8. The highest BCUT2D eigenvalue weighted by atomic mass is 19.4. The average molecular weight is 372 g/mol. The second-order valence-electron chi connectivity index (χ2n) is 6.17. The molecule has 0 aromatic heterocycles. The molecular formula is C16H25F5N2O2. The van der Waals surface area contributed by atoms with Gasteiger partial charge in [-0.2, -0.15) is 27.1 Å². The van der Waals surface area contributed by atoms with E-state index in [2.05, 4.69) is 10.2 Å². The third-order valence-corrected chi connectivity index (χ3v) is 3.80. The van der Waals surface area contributed by atoms with Gasteiger partial charge in [-0.3, -0.25) is 0 Å². The molecule has 9 heteroatoms. The first-order valence-corrected chi connectivity index (χ1v) is 8.14. The Balaban J connectivity index is 5.44. The van der Waals surface area contributed by atoms with Gasteiger partial charge in [0.25, 0.3) is 0 Å². The molecule has 0 rings (SSSR count). The van der Waals surface area contributed by atoms with Gasteiger partial charge >= 0.3 is 18.1 Å². The Morgan fingerprint density at radius 3 is 2.12 bits per heavy atom. The summed E-state index contributed by atoms with van der Waals surface area (Å²) in [6.07, 6.45) is -6.05. The van der Waals surface area contributed by atoms with Crippen molar-refractivity contribution in [1.29, 1.82) is 0 Å². The highest BCUT2D eigenvalue weighted by Gasteiger charge is 2.57. The zero-order valence-electron chi connectivity index (χ0n) is 14.8. The molecule has 0 aliphatic rings. The highest BCUT2D eigenvalue weighted by molar-refractivity contribution is 5.86. The Morgan fingerprint density at radius 2 is 1.72 bits per heavy atom. The van der Waals surface area contributed by atoms with Crippen LogP contribution in [0.4, 0.5) is 22.0 Å². The topological polar surface area (TPSA) is 62.0 Å². The van der Waals surface area contributed by atoms with Crippen LogP contribution in [-0.4, -0.2) is 29.2 Å². The van der Waals surface area contributed by atoms with E-state index in [1.165, 1.54) is 6.92 Å². The molecule has 1 N–H and O–H groups in total. The highest BCUT2D eigenvalue weighted by Crippen LogP contribution is 2.42. The van der Waals surface area contributed by atoms with Crippen LogP contribution in [-0.2, 0) is 4.79 Å². The number of rotatable bonds is 10. The van der Waals surface area contributed by atoms with Gasteiger partial charge in [0.2, 0.25) is 0 Å². The Kier molecular flexibility index (Phi) is 9.21. The number of carboxylic acid groups (broad SMARTS) is 1. The Bertz CT molecular complexity index is 501. The second kappa shape index (κ2) is 9.82. The fraction of sp³-hybridized carbons (Fsp3) is 0.812. The minimum absolute atomic E-state index is 0.123. The molecule has 0 fully saturated rings. The fourth-order valence-corrected chi connectivity index (χ4v) is 2.24. The largest absolute Gasteiger partial charge is 0.476 e. The molecule has 0 saturated carbocycles. The average Bonchev–Trinajstić information content (AvgIpc) is 2.45. The summed E-state index contributed by atoms with van der Waals surface area (Å²) in [5, 5.41) is 16.7. The van der Waals surface area contributed by atoms with Crippen LogP contribution in [0.1, 0.15) is 59.8 Å². The SMILES string of the molecule is CCCC(C/C(C)=C(/N=NC(C)CC)C(=O)O)CC(F)(F)C(F)(F)F. The summed E-state index contributed by atoms with van der Waals surface area (Å²) < 4.78 is 63.9. The van der Waals surface area contributed by atoms with Crippen LogP contribution in [0.3, 0.4) is 0 Å². The van der Waals surface area contributed by atoms with E-state index < -0.39 is 36.1 Å². The third kappa shape index (κ3) is 7.92. The van der Waals surface area contributed by atoms with Crippen LogP contribution in [0.2, 0.25) is 0 Å². The monoisotopic (exact) mass is 372 g/mol. The molecule has 0 aromatic rings. The van der Waals surface area contributed by atoms with Crippen molar-refractivity contribution in [2.45, 2.75) is 77.9 Å². The molecule has 0 saturated heterocycles. The number of alkyl halides is 5. The van der Waals surface area contributed by atoms with Crippen LogP contribution < -0.4 is 0 Å². The maximum atomic E-state index is 13.3. The number of carboxylic acids is 1. The maximum absolute atomic E-state index is 13.3. The van der Waals surface area contributed by atoms with Crippen molar-refractivity contribution >= 4 is 5.97 Å². The van der Waals surface area contributed by atoms with Crippen LogP contribution in [0.15, 0.2) is 21.5 Å². The van der Waals surface area contributed by atoms with Gasteiger partial charge in [-0.15, -0.1) is 5.11 Å². The first-order chi connectivity index (χ1) is 11.4. The van der Waals surface area contributed by atoms with E-state index in [1.54, 1.807) is 13.8 Å². The van der Waals surface area contributed by atoms with Crippen molar-refractivity contribution in [3.63, 3.8) is 0 Å².